The molecular weight excluding hydrogens is 134 g/mol. The molecule has 3 heteroatoms. The summed E-state index contributed by atoms with van der Waals surface area (Å²) in [7, 11) is 0. The molecule has 1 rings (SSSR count). The van der Waals surface area contributed by atoms with Gasteiger partial charge in [0.25, 0.3) is 0 Å². The van der Waals surface area contributed by atoms with Gasteiger partial charge < -0.3 is 4.42 Å². The minimum absolute atomic E-state index is 0.579. The molecule has 0 aliphatic heterocycles. The molecule has 1 aromatic rings. The van der Waals surface area contributed by atoms with Gasteiger partial charge in [-0.15, -0.1) is 11.8 Å². The van der Waals surface area contributed by atoms with Crippen LogP contribution in [0, 0.1) is 0 Å². The lowest BCUT2D eigenvalue weighted by molar-refractivity contribution is 0.555. The molecule has 0 aliphatic carbocycles. The van der Waals surface area contributed by atoms with E-state index in [1.165, 1.54) is 6.39 Å². The number of hydrogen-bond donors (Lipinski definition) is 0. The maximum atomic E-state index is 4.78. The van der Waals surface area contributed by atoms with Crippen LogP contribution in [-0.4, -0.2) is 10.2 Å². The zero-order chi connectivity index (χ0) is 6.69. The Morgan fingerprint density at radius 3 is 2.89 bits per heavy atom. The molecule has 0 saturated carbocycles. The average Bonchev–Trinajstić information content (AvgIpc) is 2.15. The summed E-state index contributed by atoms with van der Waals surface area (Å²) >= 11 is 1.70. The summed E-state index contributed by atoms with van der Waals surface area (Å²) in [6, 6.07) is 0. The third-order valence-corrected chi connectivity index (χ3v) is 1.68. The van der Waals surface area contributed by atoms with Crippen molar-refractivity contribution in [2.24, 2.45) is 0 Å². The number of rotatable bonds is 2. The molecule has 0 radical (unpaired) electrons. The van der Waals surface area contributed by atoms with Crippen molar-refractivity contribution in [2.45, 2.75) is 24.1 Å². The highest BCUT2D eigenvalue weighted by molar-refractivity contribution is 7.99. The van der Waals surface area contributed by atoms with Crippen LogP contribution in [0.5, 0.6) is 0 Å². The molecular formula is C6H9NOS. The van der Waals surface area contributed by atoms with Crippen LogP contribution in [0.15, 0.2) is 22.1 Å². The summed E-state index contributed by atoms with van der Waals surface area (Å²) in [6.07, 6.45) is 3.11. The van der Waals surface area contributed by atoms with E-state index in [4.69, 9.17) is 4.42 Å². The van der Waals surface area contributed by atoms with E-state index in [0.717, 1.165) is 5.03 Å². The lowest BCUT2D eigenvalue weighted by atomic mass is 10.6. The monoisotopic (exact) mass is 143 g/mol. The molecule has 0 fully saturated rings. The molecule has 2 nitrogen and oxygen atoms in total. The Morgan fingerprint density at radius 2 is 2.44 bits per heavy atom. The first-order valence-corrected chi connectivity index (χ1v) is 3.72. The van der Waals surface area contributed by atoms with E-state index >= 15 is 0 Å². The molecule has 0 atom stereocenters. The van der Waals surface area contributed by atoms with Crippen molar-refractivity contribution >= 4 is 11.8 Å². The second kappa shape index (κ2) is 2.92. The normalized spacial score (nSPS) is 10.6. The standard InChI is InChI=1S/C6H9NOS/c1-5(2)9-6-3-8-4-7-6/h3-5H,1-2H3. The van der Waals surface area contributed by atoms with Gasteiger partial charge in [0.15, 0.2) is 6.39 Å². The van der Waals surface area contributed by atoms with Crippen molar-refractivity contribution in [3.05, 3.63) is 12.7 Å². The number of nitrogens with zero attached hydrogens (tertiary/aromatic N) is 1. The van der Waals surface area contributed by atoms with Gasteiger partial charge in [-0.1, -0.05) is 13.8 Å². The molecule has 9 heavy (non-hydrogen) atoms. The van der Waals surface area contributed by atoms with Crippen molar-refractivity contribution in [1.82, 2.24) is 4.98 Å². The van der Waals surface area contributed by atoms with E-state index < -0.39 is 0 Å². The third-order valence-electron chi connectivity index (χ3n) is 0.766. The Hall–Kier alpha value is -0.440. The highest BCUT2D eigenvalue weighted by atomic mass is 32.2. The van der Waals surface area contributed by atoms with Gasteiger partial charge in [0, 0.05) is 5.25 Å². The number of thioether (sulfide) groups is 1. The smallest absolute Gasteiger partial charge is 0.181 e. The van der Waals surface area contributed by atoms with Gasteiger partial charge in [0.1, 0.15) is 11.3 Å². The van der Waals surface area contributed by atoms with Gasteiger partial charge in [-0.2, -0.15) is 0 Å². The van der Waals surface area contributed by atoms with Crippen LogP contribution in [0.3, 0.4) is 0 Å². The molecule has 1 heterocycles. The van der Waals surface area contributed by atoms with Crippen LogP contribution in [0.4, 0.5) is 0 Å². The minimum atomic E-state index is 0.579. The quantitative estimate of drug-likeness (QED) is 0.593. The maximum Gasteiger partial charge on any atom is 0.181 e. The predicted octanol–water partition coefficient (Wildman–Crippen LogP) is 2.18. The highest BCUT2D eigenvalue weighted by Gasteiger charge is 1.98. The zero-order valence-electron chi connectivity index (χ0n) is 5.50. The first kappa shape index (κ1) is 6.68. The Morgan fingerprint density at radius 1 is 1.67 bits per heavy atom. The van der Waals surface area contributed by atoms with Crippen LogP contribution in [0.25, 0.3) is 0 Å². The lowest BCUT2D eigenvalue weighted by Crippen LogP contribution is -1.84. The minimum Gasteiger partial charge on any atom is -0.451 e. The molecule has 0 aliphatic rings. The topological polar surface area (TPSA) is 26.0 Å². The second-order valence-corrected chi connectivity index (χ2v) is 3.59. The highest BCUT2D eigenvalue weighted by Crippen LogP contribution is 2.19. The molecule has 0 saturated heterocycles. The van der Waals surface area contributed by atoms with E-state index in [9.17, 15) is 0 Å². The number of oxazole rings is 1. The molecule has 1 aromatic heterocycles. The van der Waals surface area contributed by atoms with Crippen LogP contribution < -0.4 is 0 Å². The maximum absolute atomic E-state index is 4.78. The van der Waals surface area contributed by atoms with Gasteiger partial charge in [0.2, 0.25) is 0 Å². The van der Waals surface area contributed by atoms with Gasteiger partial charge >= 0.3 is 0 Å². The fraction of sp³-hybridized carbons (Fsp3) is 0.500. The van der Waals surface area contributed by atoms with Gasteiger partial charge in [0.05, 0.1) is 0 Å². The van der Waals surface area contributed by atoms with Gasteiger partial charge in [-0.05, 0) is 0 Å². The number of hydrogen-bond acceptors (Lipinski definition) is 3. The molecule has 50 valence electrons. The van der Waals surface area contributed by atoms with Crippen molar-refractivity contribution < 1.29 is 4.42 Å². The zero-order valence-corrected chi connectivity index (χ0v) is 6.31. The molecule has 0 amide bonds. The number of aromatic nitrogens is 1. The first-order chi connectivity index (χ1) is 4.29. The van der Waals surface area contributed by atoms with E-state index in [1.807, 2.05) is 0 Å². The van der Waals surface area contributed by atoms with Crippen molar-refractivity contribution in [3.63, 3.8) is 0 Å². The largest absolute Gasteiger partial charge is 0.451 e. The van der Waals surface area contributed by atoms with E-state index in [2.05, 4.69) is 18.8 Å². The summed E-state index contributed by atoms with van der Waals surface area (Å²) in [6.45, 7) is 4.25. The van der Waals surface area contributed by atoms with E-state index in [0.29, 0.717) is 5.25 Å². The van der Waals surface area contributed by atoms with Crippen molar-refractivity contribution in [3.8, 4) is 0 Å². The van der Waals surface area contributed by atoms with Crippen LogP contribution in [0.1, 0.15) is 13.8 Å². The lowest BCUT2D eigenvalue weighted by Gasteiger charge is -1.96. The Labute approximate surface area is 58.7 Å². The summed E-state index contributed by atoms with van der Waals surface area (Å²) in [4.78, 5) is 3.95. The molecule has 0 unspecified atom stereocenters. The summed E-state index contributed by atoms with van der Waals surface area (Å²) in [5.74, 6) is 0. The van der Waals surface area contributed by atoms with Crippen LogP contribution >= 0.6 is 11.8 Å². The van der Waals surface area contributed by atoms with Crippen LogP contribution in [0.2, 0.25) is 0 Å². The first-order valence-electron chi connectivity index (χ1n) is 2.84. The second-order valence-electron chi connectivity index (χ2n) is 1.99. The average molecular weight is 143 g/mol. The summed E-state index contributed by atoms with van der Waals surface area (Å²) in [5.41, 5.74) is 0. The molecule has 0 bridgehead atoms. The molecule has 0 spiro atoms. The van der Waals surface area contributed by atoms with Crippen LogP contribution in [-0.2, 0) is 0 Å². The summed E-state index contributed by atoms with van der Waals surface area (Å²) in [5, 5.41) is 1.54. The van der Waals surface area contributed by atoms with Gasteiger partial charge in [-0.25, -0.2) is 4.98 Å². The predicted molar refractivity (Wildman–Crippen MR) is 37.5 cm³/mol. The fourth-order valence-corrected chi connectivity index (χ4v) is 1.20. The van der Waals surface area contributed by atoms with Crippen molar-refractivity contribution in [2.75, 3.05) is 0 Å². The van der Waals surface area contributed by atoms with E-state index in [-0.39, 0.29) is 0 Å². The third kappa shape index (κ3) is 2.10. The van der Waals surface area contributed by atoms with E-state index in [1.54, 1.807) is 18.0 Å². The fourth-order valence-electron chi connectivity index (χ4n) is 0.501. The Bertz CT molecular complexity index is 160. The summed E-state index contributed by atoms with van der Waals surface area (Å²) < 4.78 is 4.78. The molecule has 0 N–H and O–H groups in total. The SMILES string of the molecule is CC(C)Sc1cocn1. The van der Waals surface area contributed by atoms with Gasteiger partial charge in [-0.3, -0.25) is 0 Å². The Balaban J connectivity index is 2.48. The molecule has 0 aromatic carbocycles. The Kier molecular flexibility index (Phi) is 2.16. The van der Waals surface area contributed by atoms with Crippen molar-refractivity contribution in [1.29, 1.82) is 0 Å².